The standard InChI is InChI=1S/C18H21NO4S/c1-13-5-7-14(8-6-13)24(21,22)12-10-18(20)19-16-3-2-4-17-15(16)9-11-23-17/h5-9,11,16H,2-4,10,12H2,1H3,(H,19,20). The summed E-state index contributed by atoms with van der Waals surface area (Å²) in [5.41, 5.74) is 2.01. The number of hydrogen-bond donors (Lipinski definition) is 1. The molecule has 1 unspecified atom stereocenters. The van der Waals surface area contributed by atoms with Gasteiger partial charge in [0, 0.05) is 18.4 Å². The van der Waals surface area contributed by atoms with Gasteiger partial charge in [-0.3, -0.25) is 4.79 Å². The van der Waals surface area contributed by atoms with E-state index in [4.69, 9.17) is 4.42 Å². The Labute approximate surface area is 142 Å². The van der Waals surface area contributed by atoms with Crippen LogP contribution in [0.1, 0.15) is 42.2 Å². The largest absolute Gasteiger partial charge is 0.469 e. The fourth-order valence-corrected chi connectivity index (χ4v) is 4.23. The average molecular weight is 347 g/mol. The second kappa shape index (κ2) is 6.81. The Balaban J connectivity index is 1.59. The van der Waals surface area contributed by atoms with E-state index in [9.17, 15) is 13.2 Å². The van der Waals surface area contributed by atoms with Gasteiger partial charge in [-0.1, -0.05) is 17.7 Å². The van der Waals surface area contributed by atoms with Crippen LogP contribution in [0.2, 0.25) is 0 Å². The average Bonchev–Trinajstić information content (AvgIpc) is 3.03. The van der Waals surface area contributed by atoms with Crippen molar-refractivity contribution in [2.24, 2.45) is 0 Å². The number of furan rings is 1. The lowest BCUT2D eigenvalue weighted by Gasteiger charge is -2.22. The van der Waals surface area contributed by atoms with Crippen molar-refractivity contribution < 1.29 is 17.6 Å². The second-order valence-corrected chi connectivity index (χ2v) is 8.30. The van der Waals surface area contributed by atoms with E-state index in [2.05, 4.69) is 5.32 Å². The molecule has 1 aromatic carbocycles. The molecule has 1 aliphatic rings. The van der Waals surface area contributed by atoms with E-state index in [1.54, 1.807) is 30.5 Å². The highest BCUT2D eigenvalue weighted by atomic mass is 32.2. The lowest BCUT2D eigenvalue weighted by atomic mass is 9.93. The lowest BCUT2D eigenvalue weighted by molar-refractivity contribution is -0.121. The van der Waals surface area contributed by atoms with Crippen LogP contribution >= 0.6 is 0 Å². The molecule has 0 aliphatic heterocycles. The van der Waals surface area contributed by atoms with Crippen molar-refractivity contribution in [3.63, 3.8) is 0 Å². The minimum Gasteiger partial charge on any atom is -0.469 e. The third kappa shape index (κ3) is 3.70. The minimum absolute atomic E-state index is 0.0418. The number of benzene rings is 1. The second-order valence-electron chi connectivity index (χ2n) is 6.19. The summed E-state index contributed by atoms with van der Waals surface area (Å²) in [4.78, 5) is 12.4. The quantitative estimate of drug-likeness (QED) is 0.902. The van der Waals surface area contributed by atoms with E-state index in [1.807, 2.05) is 13.0 Å². The first-order chi connectivity index (χ1) is 11.5. The molecular formula is C18H21NO4S. The van der Waals surface area contributed by atoms with Crippen LogP contribution in [0.5, 0.6) is 0 Å². The number of carbonyl (C=O) groups excluding carboxylic acids is 1. The highest BCUT2D eigenvalue weighted by Crippen LogP contribution is 2.30. The third-order valence-corrected chi connectivity index (χ3v) is 6.10. The molecule has 0 saturated heterocycles. The molecule has 1 aliphatic carbocycles. The number of amides is 1. The highest BCUT2D eigenvalue weighted by molar-refractivity contribution is 7.91. The number of rotatable bonds is 5. The summed E-state index contributed by atoms with van der Waals surface area (Å²) < 4.78 is 30.0. The van der Waals surface area contributed by atoms with E-state index in [-0.39, 0.29) is 29.0 Å². The van der Waals surface area contributed by atoms with Gasteiger partial charge >= 0.3 is 0 Å². The van der Waals surface area contributed by atoms with Crippen molar-refractivity contribution in [2.45, 2.75) is 43.5 Å². The Bertz CT molecular complexity index is 821. The van der Waals surface area contributed by atoms with Crippen LogP contribution in [0, 0.1) is 6.92 Å². The number of hydrogen-bond acceptors (Lipinski definition) is 4. The molecule has 6 heteroatoms. The molecule has 128 valence electrons. The molecule has 1 heterocycles. The van der Waals surface area contributed by atoms with Gasteiger partial charge in [0.25, 0.3) is 0 Å². The summed E-state index contributed by atoms with van der Waals surface area (Å²) in [5.74, 6) is 0.482. The summed E-state index contributed by atoms with van der Waals surface area (Å²) in [6.07, 6.45) is 4.28. The molecule has 0 spiro atoms. The lowest BCUT2D eigenvalue weighted by Crippen LogP contribution is -2.31. The smallest absolute Gasteiger partial charge is 0.221 e. The van der Waals surface area contributed by atoms with Crippen LogP contribution in [0.3, 0.4) is 0 Å². The fraction of sp³-hybridized carbons (Fsp3) is 0.389. The van der Waals surface area contributed by atoms with E-state index in [0.717, 1.165) is 36.1 Å². The first kappa shape index (κ1) is 16.8. The zero-order valence-electron chi connectivity index (χ0n) is 13.6. The zero-order valence-corrected chi connectivity index (χ0v) is 14.4. The van der Waals surface area contributed by atoms with E-state index in [0.29, 0.717) is 0 Å². The van der Waals surface area contributed by atoms with Gasteiger partial charge in [-0.05, 0) is 38.0 Å². The van der Waals surface area contributed by atoms with Crippen LogP contribution in [0.15, 0.2) is 45.9 Å². The number of sulfone groups is 1. The van der Waals surface area contributed by atoms with Crippen molar-refractivity contribution in [1.29, 1.82) is 0 Å². The maximum Gasteiger partial charge on any atom is 0.221 e. The number of nitrogens with one attached hydrogen (secondary N) is 1. The van der Waals surface area contributed by atoms with Gasteiger partial charge in [0.1, 0.15) is 5.76 Å². The van der Waals surface area contributed by atoms with Gasteiger partial charge in [0.15, 0.2) is 9.84 Å². The Kier molecular flexibility index (Phi) is 4.76. The van der Waals surface area contributed by atoms with E-state index < -0.39 is 9.84 Å². The summed E-state index contributed by atoms with van der Waals surface area (Å²) in [5, 5.41) is 2.93. The SMILES string of the molecule is Cc1ccc(S(=O)(=O)CCC(=O)NC2CCCc3occc32)cc1. The minimum atomic E-state index is -3.44. The monoisotopic (exact) mass is 347 g/mol. The Morgan fingerprint density at radius 1 is 1.25 bits per heavy atom. The van der Waals surface area contributed by atoms with Crippen molar-refractivity contribution >= 4 is 15.7 Å². The summed E-state index contributed by atoms with van der Waals surface area (Å²) in [7, 11) is -3.44. The molecule has 1 N–H and O–H groups in total. The molecule has 24 heavy (non-hydrogen) atoms. The molecule has 1 aromatic heterocycles. The Hall–Kier alpha value is -2.08. The molecule has 1 amide bonds. The molecular weight excluding hydrogens is 326 g/mol. The number of aryl methyl sites for hydroxylation is 2. The molecule has 1 atom stereocenters. The van der Waals surface area contributed by atoms with Gasteiger partial charge in [-0.2, -0.15) is 0 Å². The van der Waals surface area contributed by atoms with Crippen molar-refractivity contribution in [1.82, 2.24) is 5.32 Å². The maximum absolute atomic E-state index is 12.3. The van der Waals surface area contributed by atoms with Crippen molar-refractivity contribution in [3.8, 4) is 0 Å². The first-order valence-electron chi connectivity index (χ1n) is 8.11. The predicted molar refractivity (Wildman–Crippen MR) is 90.4 cm³/mol. The number of carbonyl (C=O) groups is 1. The topological polar surface area (TPSA) is 76.4 Å². The van der Waals surface area contributed by atoms with Crippen LogP contribution in [-0.4, -0.2) is 20.1 Å². The van der Waals surface area contributed by atoms with Crippen molar-refractivity contribution in [2.75, 3.05) is 5.75 Å². The van der Waals surface area contributed by atoms with Gasteiger partial charge < -0.3 is 9.73 Å². The van der Waals surface area contributed by atoms with Gasteiger partial charge in [-0.25, -0.2) is 8.42 Å². The van der Waals surface area contributed by atoms with Gasteiger partial charge in [0.05, 0.1) is 23.0 Å². The van der Waals surface area contributed by atoms with E-state index >= 15 is 0 Å². The molecule has 0 saturated carbocycles. The van der Waals surface area contributed by atoms with Crippen LogP contribution in [0.25, 0.3) is 0 Å². The first-order valence-corrected chi connectivity index (χ1v) is 9.76. The molecule has 2 aromatic rings. The maximum atomic E-state index is 12.3. The highest BCUT2D eigenvalue weighted by Gasteiger charge is 2.24. The molecule has 0 bridgehead atoms. The van der Waals surface area contributed by atoms with E-state index in [1.165, 1.54) is 0 Å². The normalized spacial score (nSPS) is 17.3. The molecule has 0 radical (unpaired) electrons. The third-order valence-electron chi connectivity index (χ3n) is 4.37. The van der Waals surface area contributed by atoms with Crippen LogP contribution in [-0.2, 0) is 21.1 Å². The number of fused-ring (bicyclic) bond motifs is 1. The summed E-state index contributed by atoms with van der Waals surface area (Å²) >= 11 is 0. The molecule has 5 nitrogen and oxygen atoms in total. The van der Waals surface area contributed by atoms with Gasteiger partial charge in [0.2, 0.25) is 5.91 Å². The summed E-state index contributed by atoms with van der Waals surface area (Å²) in [6, 6.07) is 8.48. The fourth-order valence-electron chi connectivity index (χ4n) is 2.99. The molecule has 3 rings (SSSR count). The predicted octanol–water partition coefficient (Wildman–Crippen LogP) is 2.95. The zero-order chi connectivity index (χ0) is 17.2. The van der Waals surface area contributed by atoms with Crippen molar-refractivity contribution in [3.05, 3.63) is 53.5 Å². The van der Waals surface area contributed by atoms with Crippen LogP contribution in [0.4, 0.5) is 0 Å². The Morgan fingerprint density at radius 3 is 2.75 bits per heavy atom. The summed E-state index contributed by atoms with van der Waals surface area (Å²) in [6.45, 7) is 1.90. The Morgan fingerprint density at radius 2 is 2.00 bits per heavy atom. The van der Waals surface area contributed by atoms with Crippen LogP contribution < -0.4 is 5.32 Å². The molecule has 0 fully saturated rings. The van der Waals surface area contributed by atoms with Gasteiger partial charge in [-0.15, -0.1) is 0 Å².